The third-order valence-corrected chi connectivity index (χ3v) is 8.06. The Kier molecular flexibility index (Phi) is 4.72. The van der Waals surface area contributed by atoms with Crippen LogP contribution in [0, 0.1) is 0 Å². The summed E-state index contributed by atoms with van der Waals surface area (Å²) in [6.45, 7) is 11.1. The molecule has 4 nitrogen and oxygen atoms in total. The molecule has 0 aliphatic carbocycles. The Morgan fingerprint density at radius 1 is 1.33 bits per heavy atom. The number of pyridine rings is 1. The van der Waals surface area contributed by atoms with Crippen molar-refractivity contribution in [1.29, 1.82) is 0 Å². The van der Waals surface area contributed by atoms with E-state index in [4.69, 9.17) is 4.43 Å². The summed E-state index contributed by atoms with van der Waals surface area (Å²) in [5.74, 6) is 0. The van der Waals surface area contributed by atoms with Crippen LogP contribution in [0.4, 0.5) is 0 Å². The van der Waals surface area contributed by atoms with Crippen molar-refractivity contribution in [3.05, 3.63) is 24.0 Å². The van der Waals surface area contributed by atoms with Gasteiger partial charge in [-0.25, -0.2) is 0 Å². The maximum absolute atomic E-state index is 9.27. The van der Waals surface area contributed by atoms with Crippen molar-refractivity contribution < 1.29 is 14.5 Å². The van der Waals surface area contributed by atoms with Gasteiger partial charge in [0.15, 0.2) is 8.32 Å². The summed E-state index contributed by atoms with van der Waals surface area (Å²) in [6.07, 6.45) is 1.64. The van der Waals surface area contributed by atoms with Crippen LogP contribution in [-0.2, 0) is 11.0 Å². The van der Waals surface area contributed by atoms with E-state index in [1.807, 2.05) is 0 Å². The van der Waals surface area contributed by atoms with Gasteiger partial charge in [-0.05, 0) is 24.2 Å². The second kappa shape index (κ2) is 5.52. The molecule has 100 valence electrons. The summed E-state index contributed by atoms with van der Waals surface area (Å²) in [6, 6.07) is 3.34. The third-order valence-electron chi connectivity index (χ3n) is 3.58. The number of aromatic nitrogens is 1. The van der Waals surface area contributed by atoms with Crippen molar-refractivity contribution >= 4 is 20.9 Å². The Morgan fingerprint density at radius 2 is 1.94 bits per heavy atom. The highest BCUT2D eigenvalue weighted by molar-refractivity contribution is 6.74. The first-order valence-corrected chi connectivity index (χ1v) is 9.00. The van der Waals surface area contributed by atoms with Crippen molar-refractivity contribution in [2.24, 2.45) is 0 Å². The molecule has 1 aromatic rings. The molecule has 0 aliphatic heterocycles. The maximum Gasteiger partial charge on any atom is 0.490 e. The molecule has 1 heterocycles. The van der Waals surface area contributed by atoms with Crippen LogP contribution in [0.15, 0.2) is 18.3 Å². The van der Waals surface area contributed by atoms with Crippen LogP contribution in [0.2, 0.25) is 18.1 Å². The molecule has 0 atom stereocenters. The number of nitrogens with zero attached hydrogens (tertiary/aromatic N) is 1. The number of hydrogen-bond donors (Lipinski definition) is 2. The highest BCUT2D eigenvalue weighted by atomic mass is 28.4. The van der Waals surface area contributed by atoms with Gasteiger partial charge in [-0.3, -0.25) is 4.98 Å². The van der Waals surface area contributed by atoms with Crippen LogP contribution < -0.4 is 5.46 Å². The molecule has 18 heavy (non-hydrogen) atoms. The van der Waals surface area contributed by atoms with Crippen molar-refractivity contribution in [2.75, 3.05) is 0 Å². The standard InChI is InChI=1S/C12H22BNO3Si/c1-12(2,3)18(4,5)17-9-11-10(13(15)16)7-6-8-14-11/h6-8,15-16H,9H2,1-5H3. The molecular weight excluding hydrogens is 245 g/mol. The van der Waals surface area contributed by atoms with Crippen LogP contribution in [0.25, 0.3) is 0 Å². The molecule has 1 rings (SSSR count). The van der Waals surface area contributed by atoms with Gasteiger partial charge in [-0.15, -0.1) is 0 Å². The average molecular weight is 267 g/mol. The SMILES string of the molecule is CC(C)(C)[Si](C)(C)OCc1ncccc1B(O)O. The minimum atomic E-state index is -1.85. The van der Waals surface area contributed by atoms with E-state index in [-0.39, 0.29) is 5.04 Å². The van der Waals surface area contributed by atoms with Gasteiger partial charge in [0.2, 0.25) is 0 Å². The lowest BCUT2D eigenvalue weighted by Crippen LogP contribution is -2.42. The summed E-state index contributed by atoms with van der Waals surface area (Å²) in [5, 5.41) is 18.7. The number of hydrogen-bond acceptors (Lipinski definition) is 4. The van der Waals surface area contributed by atoms with Crippen LogP contribution in [0.5, 0.6) is 0 Å². The van der Waals surface area contributed by atoms with Crippen LogP contribution in [0.1, 0.15) is 26.5 Å². The highest BCUT2D eigenvalue weighted by Gasteiger charge is 2.37. The van der Waals surface area contributed by atoms with E-state index in [1.165, 1.54) is 0 Å². The fourth-order valence-electron chi connectivity index (χ4n) is 1.27. The first-order valence-electron chi connectivity index (χ1n) is 6.09. The highest BCUT2D eigenvalue weighted by Crippen LogP contribution is 2.36. The molecule has 6 heteroatoms. The average Bonchev–Trinajstić information content (AvgIpc) is 2.25. The van der Waals surface area contributed by atoms with Crippen LogP contribution in [-0.4, -0.2) is 30.5 Å². The molecule has 1 aromatic heterocycles. The van der Waals surface area contributed by atoms with E-state index < -0.39 is 15.4 Å². The predicted octanol–water partition coefficient (Wildman–Crippen LogP) is 1.28. The fourth-order valence-corrected chi connectivity index (χ4v) is 2.20. The van der Waals surface area contributed by atoms with Gasteiger partial charge in [-0.1, -0.05) is 26.8 Å². The molecular formula is C12H22BNO3Si. The lowest BCUT2D eigenvalue weighted by molar-refractivity contribution is 0.272. The minimum absolute atomic E-state index is 0.125. The second-order valence-electron chi connectivity index (χ2n) is 5.96. The molecule has 0 aliphatic rings. The quantitative estimate of drug-likeness (QED) is 0.807. The molecule has 0 spiro atoms. The van der Waals surface area contributed by atoms with E-state index >= 15 is 0 Å². The van der Waals surface area contributed by atoms with E-state index in [2.05, 4.69) is 38.8 Å². The van der Waals surface area contributed by atoms with E-state index in [0.29, 0.717) is 17.8 Å². The Hall–Kier alpha value is -0.688. The zero-order chi connectivity index (χ0) is 14.0. The van der Waals surface area contributed by atoms with E-state index in [0.717, 1.165) is 0 Å². The molecule has 0 saturated heterocycles. The predicted molar refractivity (Wildman–Crippen MR) is 76.0 cm³/mol. The molecule has 0 unspecified atom stereocenters. The summed E-state index contributed by atoms with van der Waals surface area (Å²) in [5.41, 5.74) is 1.01. The number of rotatable bonds is 4. The van der Waals surface area contributed by atoms with Gasteiger partial charge < -0.3 is 14.5 Å². The third kappa shape index (κ3) is 3.65. The summed E-state index contributed by atoms with van der Waals surface area (Å²) < 4.78 is 6.02. The van der Waals surface area contributed by atoms with Crippen LogP contribution >= 0.6 is 0 Å². The molecule has 0 bridgehead atoms. The van der Waals surface area contributed by atoms with E-state index in [9.17, 15) is 10.0 Å². The summed E-state index contributed by atoms with van der Waals surface area (Å²) >= 11 is 0. The zero-order valence-electron chi connectivity index (χ0n) is 11.8. The lowest BCUT2D eigenvalue weighted by atomic mass is 9.79. The van der Waals surface area contributed by atoms with Gasteiger partial charge in [-0.2, -0.15) is 0 Å². The zero-order valence-corrected chi connectivity index (χ0v) is 12.8. The minimum Gasteiger partial charge on any atom is -0.423 e. The first kappa shape index (κ1) is 15.4. The van der Waals surface area contributed by atoms with Gasteiger partial charge in [0, 0.05) is 11.7 Å². The van der Waals surface area contributed by atoms with Crippen molar-refractivity contribution in [2.45, 2.75) is 45.5 Å². The lowest BCUT2D eigenvalue weighted by Gasteiger charge is -2.36. The van der Waals surface area contributed by atoms with Crippen molar-refractivity contribution in [3.8, 4) is 0 Å². The summed E-state index contributed by atoms with van der Waals surface area (Å²) in [7, 11) is -3.35. The van der Waals surface area contributed by atoms with Gasteiger partial charge >= 0.3 is 7.12 Å². The Balaban J connectivity index is 2.81. The largest absolute Gasteiger partial charge is 0.490 e. The first-order chi connectivity index (χ1) is 8.15. The molecule has 2 N–H and O–H groups in total. The maximum atomic E-state index is 9.27. The Morgan fingerprint density at radius 3 is 2.44 bits per heavy atom. The van der Waals surface area contributed by atoms with Crippen molar-refractivity contribution in [1.82, 2.24) is 4.98 Å². The Labute approximate surface area is 110 Å². The monoisotopic (exact) mass is 267 g/mol. The fraction of sp³-hybridized carbons (Fsp3) is 0.583. The van der Waals surface area contributed by atoms with Crippen molar-refractivity contribution in [3.63, 3.8) is 0 Å². The van der Waals surface area contributed by atoms with Gasteiger partial charge in [0.25, 0.3) is 0 Å². The Bertz CT molecular complexity index is 405. The van der Waals surface area contributed by atoms with Crippen LogP contribution in [0.3, 0.4) is 0 Å². The molecule has 0 radical (unpaired) electrons. The molecule has 0 fully saturated rings. The molecule has 0 saturated carbocycles. The topological polar surface area (TPSA) is 62.6 Å². The summed E-state index contributed by atoms with van der Waals surface area (Å²) in [4.78, 5) is 4.16. The normalized spacial score (nSPS) is 12.6. The molecule has 0 aromatic carbocycles. The second-order valence-corrected chi connectivity index (χ2v) is 10.8. The smallest absolute Gasteiger partial charge is 0.423 e. The molecule has 0 amide bonds. The van der Waals surface area contributed by atoms with Gasteiger partial charge in [0.05, 0.1) is 12.3 Å². The van der Waals surface area contributed by atoms with E-state index in [1.54, 1.807) is 18.3 Å². The van der Waals surface area contributed by atoms with Gasteiger partial charge in [0.1, 0.15) is 0 Å².